The summed E-state index contributed by atoms with van der Waals surface area (Å²) in [6.07, 6.45) is 1.63. The number of carbonyl (C=O) groups is 2. The van der Waals surface area contributed by atoms with E-state index in [1.54, 1.807) is 18.2 Å². The second-order valence-electron chi connectivity index (χ2n) is 4.92. The zero-order chi connectivity index (χ0) is 16.7. The first kappa shape index (κ1) is 16.5. The first-order valence-electron chi connectivity index (χ1n) is 7.31. The Morgan fingerprint density at radius 3 is 2.70 bits per heavy atom. The van der Waals surface area contributed by atoms with E-state index in [-0.39, 0.29) is 12.5 Å². The highest BCUT2D eigenvalue weighted by Gasteiger charge is 2.09. The van der Waals surface area contributed by atoms with Crippen molar-refractivity contribution in [3.63, 3.8) is 0 Å². The normalized spacial score (nSPS) is 10.0. The van der Waals surface area contributed by atoms with E-state index in [2.05, 4.69) is 12.2 Å². The molecule has 120 valence electrons. The number of ether oxygens (including phenoxy) is 2. The molecule has 0 saturated heterocycles. The van der Waals surface area contributed by atoms with E-state index < -0.39 is 0 Å². The quantitative estimate of drug-likeness (QED) is 0.798. The fourth-order valence-electron chi connectivity index (χ4n) is 2.09. The number of rotatable bonds is 7. The first-order chi connectivity index (χ1) is 11.2. The minimum atomic E-state index is -0.264. The fraction of sp³-hybridized carbons (Fsp3) is 0.222. The Balaban J connectivity index is 1.97. The van der Waals surface area contributed by atoms with Gasteiger partial charge in [-0.3, -0.25) is 9.59 Å². The van der Waals surface area contributed by atoms with Gasteiger partial charge in [0.1, 0.15) is 6.29 Å². The van der Waals surface area contributed by atoms with Gasteiger partial charge in [0.15, 0.2) is 18.1 Å². The maximum atomic E-state index is 12.0. The number of methoxy groups -OCH3 is 1. The number of hydrogen-bond acceptors (Lipinski definition) is 4. The average molecular weight is 313 g/mol. The Morgan fingerprint density at radius 1 is 1.17 bits per heavy atom. The number of carbonyl (C=O) groups excluding carboxylic acids is 2. The van der Waals surface area contributed by atoms with Crippen molar-refractivity contribution in [3.8, 4) is 11.5 Å². The maximum Gasteiger partial charge on any atom is 0.262 e. The SMILES string of the molecule is CCc1cccc(NC(=O)COc2ccc(C=O)cc2OC)c1. The van der Waals surface area contributed by atoms with Crippen LogP contribution < -0.4 is 14.8 Å². The van der Waals surface area contributed by atoms with Crippen molar-refractivity contribution in [2.45, 2.75) is 13.3 Å². The molecule has 0 heterocycles. The fourth-order valence-corrected chi connectivity index (χ4v) is 2.09. The van der Waals surface area contributed by atoms with Gasteiger partial charge in [-0.1, -0.05) is 19.1 Å². The van der Waals surface area contributed by atoms with E-state index in [0.29, 0.717) is 17.1 Å². The number of amides is 1. The summed E-state index contributed by atoms with van der Waals surface area (Å²) in [5, 5.41) is 2.79. The molecule has 2 aromatic rings. The molecule has 0 aliphatic carbocycles. The van der Waals surface area contributed by atoms with Gasteiger partial charge in [-0.25, -0.2) is 0 Å². The van der Waals surface area contributed by atoms with Crippen LogP contribution in [0, 0.1) is 0 Å². The zero-order valence-corrected chi connectivity index (χ0v) is 13.2. The maximum absolute atomic E-state index is 12.0. The molecule has 0 fully saturated rings. The van der Waals surface area contributed by atoms with E-state index in [1.807, 2.05) is 24.3 Å². The average Bonchev–Trinajstić information content (AvgIpc) is 2.59. The molecule has 1 amide bonds. The third-order valence-corrected chi connectivity index (χ3v) is 3.30. The lowest BCUT2D eigenvalue weighted by Gasteiger charge is -2.11. The van der Waals surface area contributed by atoms with Crippen LogP contribution in [0.25, 0.3) is 0 Å². The van der Waals surface area contributed by atoms with E-state index >= 15 is 0 Å². The van der Waals surface area contributed by atoms with Crippen molar-refractivity contribution >= 4 is 17.9 Å². The van der Waals surface area contributed by atoms with Gasteiger partial charge in [0, 0.05) is 11.3 Å². The molecule has 1 N–H and O–H groups in total. The summed E-state index contributed by atoms with van der Waals surface area (Å²) in [5.74, 6) is 0.561. The van der Waals surface area contributed by atoms with Gasteiger partial charge >= 0.3 is 0 Å². The van der Waals surface area contributed by atoms with Gasteiger partial charge in [-0.2, -0.15) is 0 Å². The Bertz CT molecular complexity index is 697. The molecular weight excluding hydrogens is 294 g/mol. The summed E-state index contributed by atoms with van der Waals surface area (Å²) >= 11 is 0. The van der Waals surface area contributed by atoms with Gasteiger partial charge in [0.25, 0.3) is 5.91 Å². The number of aldehydes is 1. The van der Waals surface area contributed by atoms with Gasteiger partial charge in [-0.05, 0) is 42.3 Å². The van der Waals surface area contributed by atoms with Crippen molar-refractivity contribution < 1.29 is 19.1 Å². The van der Waals surface area contributed by atoms with Crippen LogP contribution in [0.1, 0.15) is 22.8 Å². The number of nitrogens with one attached hydrogen (secondary N) is 1. The molecule has 0 unspecified atom stereocenters. The van der Waals surface area contributed by atoms with Crippen molar-refractivity contribution in [2.24, 2.45) is 0 Å². The molecule has 0 spiro atoms. The van der Waals surface area contributed by atoms with Crippen LogP contribution in [-0.4, -0.2) is 25.9 Å². The van der Waals surface area contributed by atoms with E-state index in [4.69, 9.17) is 9.47 Å². The minimum Gasteiger partial charge on any atom is -0.493 e. The Labute approximate surface area is 135 Å². The summed E-state index contributed by atoms with van der Waals surface area (Å²) in [6.45, 7) is 1.91. The molecule has 23 heavy (non-hydrogen) atoms. The lowest BCUT2D eigenvalue weighted by atomic mass is 10.1. The Morgan fingerprint density at radius 2 is 2.00 bits per heavy atom. The van der Waals surface area contributed by atoms with Crippen LogP contribution >= 0.6 is 0 Å². The summed E-state index contributed by atoms with van der Waals surface area (Å²) < 4.78 is 10.6. The number of anilines is 1. The predicted octanol–water partition coefficient (Wildman–Crippen LogP) is 3.09. The highest BCUT2D eigenvalue weighted by molar-refractivity contribution is 5.92. The summed E-state index contributed by atoms with van der Waals surface area (Å²) in [4.78, 5) is 22.7. The van der Waals surface area contributed by atoms with Crippen molar-refractivity contribution in [1.29, 1.82) is 0 Å². The standard InChI is InChI=1S/C18H19NO4/c1-3-13-5-4-6-15(9-13)19-18(21)12-23-16-8-7-14(11-20)10-17(16)22-2/h4-11H,3,12H2,1-2H3,(H,19,21). The second-order valence-corrected chi connectivity index (χ2v) is 4.92. The molecule has 0 aliphatic rings. The van der Waals surface area contributed by atoms with Crippen molar-refractivity contribution in [2.75, 3.05) is 19.0 Å². The van der Waals surface area contributed by atoms with Gasteiger partial charge < -0.3 is 14.8 Å². The monoisotopic (exact) mass is 313 g/mol. The molecule has 0 bridgehead atoms. The minimum absolute atomic E-state index is 0.146. The van der Waals surface area contributed by atoms with Crippen LogP contribution in [-0.2, 0) is 11.2 Å². The van der Waals surface area contributed by atoms with Gasteiger partial charge in [0.05, 0.1) is 7.11 Å². The zero-order valence-electron chi connectivity index (χ0n) is 13.2. The molecule has 2 aromatic carbocycles. The topological polar surface area (TPSA) is 64.6 Å². The summed E-state index contributed by atoms with van der Waals surface area (Å²) in [5.41, 5.74) is 2.37. The Kier molecular flexibility index (Phi) is 5.74. The van der Waals surface area contributed by atoms with Crippen LogP contribution in [0.2, 0.25) is 0 Å². The third-order valence-electron chi connectivity index (χ3n) is 3.30. The lowest BCUT2D eigenvalue weighted by molar-refractivity contribution is -0.118. The van der Waals surface area contributed by atoms with Crippen molar-refractivity contribution in [3.05, 3.63) is 53.6 Å². The molecule has 2 rings (SSSR count). The summed E-state index contributed by atoms with van der Waals surface area (Å²) in [7, 11) is 1.48. The number of aryl methyl sites for hydroxylation is 1. The van der Waals surface area contributed by atoms with Crippen LogP contribution in [0.4, 0.5) is 5.69 Å². The third kappa shape index (κ3) is 4.57. The van der Waals surface area contributed by atoms with Gasteiger partial charge in [0.2, 0.25) is 0 Å². The smallest absolute Gasteiger partial charge is 0.262 e. The number of hydrogen-bond donors (Lipinski definition) is 1. The molecule has 0 radical (unpaired) electrons. The van der Waals surface area contributed by atoms with Crippen LogP contribution in [0.3, 0.4) is 0 Å². The molecule has 0 aromatic heterocycles. The number of benzene rings is 2. The highest BCUT2D eigenvalue weighted by Crippen LogP contribution is 2.27. The van der Waals surface area contributed by atoms with E-state index in [1.165, 1.54) is 7.11 Å². The Hall–Kier alpha value is -2.82. The van der Waals surface area contributed by atoms with E-state index in [9.17, 15) is 9.59 Å². The molecule has 0 atom stereocenters. The lowest BCUT2D eigenvalue weighted by Crippen LogP contribution is -2.20. The van der Waals surface area contributed by atoms with E-state index in [0.717, 1.165) is 24.0 Å². The molecule has 0 aliphatic heterocycles. The first-order valence-corrected chi connectivity index (χ1v) is 7.31. The molecule has 5 nitrogen and oxygen atoms in total. The van der Waals surface area contributed by atoms with Crippen molar-refractivity contribution in [1.82, 2.24) is 0 Å². The predicted molar refractivity (Wildman–Crippen MR) is 88.3 cm³/mol. The summed E-state index contributed by atoms with van der Waals surface area (Å²) in [6, 6.07) is 12.4. The van der Waals surface area contributed by atoms with Crippen LogP contribution in [0.15, 0.2) is 42.5 Å². The van der Waals surface area contributed by atoms with Gasteiger partial charge in [-0.15, -0.1) is 0 Å². The highest BCUT2D eigenvalue weighted by atomic mass is 16.5. The van der Waals surface area contributed by atoms with Crippen LogP contribution in [0.5, 0.6) is 11.5 Å². The second kappa shape index (κ2) is 7.98. The molecular formula is C18H19NO4. The molecule has 5 heteroatoms. The molecule has 0 saturated carbocycles. The largest absolute Gasteiger partial charge is 0.493 e.